The number of hydrogen-bond donors (Lipinski definition) is 1. The van der Waals surface area contributed by atoms with E-state index in [0.717, 1.165) is 24.2 Å². The summed E-state index contributed by atoms with van der Waals surface area (Å²) in [6.45, 7) is 12.6. The van der Waals surface area contributed by atoms with Gasteiger partial charge in [-0.1, -0.05) is 42.8 Å². The Morgan fingerprint density at radius 1 is 1.38 bits per heavy atom. The third-order valence-electron chi connectivity index (χ3n) is 3.29. The zero-order valence-electron chi connectivity index (χ0n) is 13.2. The zero-order valence-corrected chi connectivity index (χ0v) is 13.9. The molecule has 0 aromatic heterocycles. The molecule has 0 saturated carbocycles. The van der Waals surface area contributed by atoms with E-state index in [9.17, 15) is 5.11 Å². The maximum absolute atomic E-state index is 10.1. The number of aliphatic hydroxyl groups excluding tert-OH is 1. The Balaban J connectivity index is 2.39. The minimum absolute atomic E-state index is 0.0619. The van der Waals surface area contributed by atoms with Gasteiger partial charge in [0.25, 0.3) is 0 Å². The topological polar surface area (TPSA) is 32.7 Å². The van der Waals surface area contributed by atoms with Crippen LogP contribution in [-0.2, 0) is 4.74 Å². The maximum Gasteiger partial charge on any atom is 0.0900 e. The third-order valence-corrected chi connectivity index (χ3v) is 3.54. The summed E-state index contributed by atoms with van der Waals surface area (Å²) in [5.41, 5.74) is 2.15. The van der Waals surface area contributed by atoms with Gasteiger partial charge in [-0.25, -0.2) is 0 Å². The highest BCUT2D eigenvalue weighted by Gasteiger charge is 2.13. The average molecular weight is 312 g/mol. The molecular formula is C17H26ClNO2. The van der Waals surface area contributed by atoms with Gasteiger partial charge in [0, 0.05) is 18.1 Å². The molecule has 1 aromatic carbocycles. The summed E-state index contributed by atoms with van der Waals surface area (Å²) < 4.78 is 5.74. The van der Waals surface area contributed by atoms with Gasteiger partial charge in [0.2, 0.25) is 0 Å². The Bertz CT molecular complexity index is 433. The van der Waals surface area contributed by atoms with Crippen LogP contribution in [-0.4, -0.2) is 42.4 Å². The van der Waals surface area contributed by atoms with Crippen molar-refractivity contribution in [1.82, 2.24) is 4.90 Å². The first-order chi connectivity index (χ1) is 9.92. The van der Waals surface area contributed by atoms with Gasteiger partial charge in [-0.05, 0) is 38.1 Å². The number of likely N-dealkylation sites (N-methyl/N-ethyl adjacent to an activating group) is 1. The van der Waals surface area contributed by atoms with E-state index in [1.807, 2.05) is 38.1 Å². The molecule has 4 heteroatoms. The maximum atomic E-state index is 10.1. The second kappa shape index (κ2) is 9.21. The molecular weight excluding hydrogens is 286 g/mol. The van der Waals surface area contributed by atoms with Crippen molar-refractivity contribution in [2.45, 2.75) is 33.0 Å². The fourth-order valence-corrected chi connectivity index (χ4v) is 2.25. The van der Waals surface area contributed by atoms with Crippen LogP contribution in [0.2, 0.25) is 5.02 Å². The van der Waals surface area contributed by atoms with Crippen LogP contribution in [0.5, 0.6) is 0 Å². The van der Waals surface area contributed by atoms with E-state index in [1.54, 1.807) is 0 Å². The lowest BCUT2D eigenvalue weighted by atomic mass is 10.1. The lowest BCUT2D eigenvalue weighted by molar-refractivity contribution is -0.0142. The molecule has 0 heterocycles. The van der Waals surface area contributed by atoms with Crippen molar-refractivity contribution in [1.29, 1.82) is 0 Å². The largest absolute Gasteiger partial charge is 0.389 e. The molecule has 0 spiro atoms. The summed E-state index contributed by atoms with van der Waals surface area (Å²) in [7, 11) is 0. The molecule has 0 aliphatic heterocycles. The summed E-state index contributed by atoms with van der Waals surface area (Å²) in [6.07, 6.45) is -0.563. The van der Waals surface area contributed by atoms with Crippen LogP contribution in [0.1, 0.15) is 32.4 Å². The Morgan fingerprint density at radius 3 is 2.52 bits per heavy atom. The third kappa shape index (κ3) is 7.09. The predicted molar refractivity (Wildman–Crippen MR) is 88.8 cm³/mol. The predicted octanol–water partition coefficient (Wildman–Crippen LogP) is 3.68. The Morgan fingerprint density at radius 2 is 2.00 bits per heavy atom. The number of aliphatic hydroxyl groups is 1. The van der Waals surface area contributed by atoms with Crippen molar-refractivity contribution >= 4 is 11.6 Å². The molecule has 0 saturated heterocycles. The van der Waals surface area contributed by atoms with Gasteiger partial charge >= 0.3 is 0 Å². The highest BCUT2D eigenvalue weighted by molar-refractivity contribution is 6.30. The Kier molecular flexibility index (Phi) is 7.97. The second-order valence-electron chi connectivity index (χ2n) is 5.47. The Hall–Kier alpha value is -0.870. The standard InChI is InChI=1S/C17H26ClNO2/c1-5-19(10-13(2)3)11-17(20)12-21-14(4)15-6-8-16(18)9-7-15/h6-9,14,17,20H,2,5,10-12H2,1,3-4H3/t14-,17-/m0/s1. The lowest BCUT2D eigenvalue weighted by Gasteiger charge is -2.24. The van der Waals surface area contributed by atoms with E-state index in [4.69, 9.17) is 16.3 Å². The van der Waals surface area contributed by atoms with Crippen LogP contribution in [0.15, 0.2) is 36.4 Å². The highest BCUT2D eigenvalue weighted by atomic mass is 35.5. The Labute approximate surface area is 133 Å². The molecule has 1 aromatic rings. The van der Waals surface area contributed by atoms with Crippen LogP contribution in [0.4, 0.5) is 0 Å². The molecule has 0 aliphatic carbocycles. The van der Waals surface area contributed by atoms with Gasteiger partial charge in [0.05, 0.1) is 18.8 Å². The van der Waals surface area contributed by atoms with Crippen LogP contribution < -0.4 is 0 Å². The van der Waals surface area contributed by atoms with Crippen molar-refractivity contribution in [3.05, 3.63) is 47.0 Å². The highest BCUT2D eigenvalue weighted by Crippen LogP contribution is 2.19. The minimum Gasteiger partial charge on any atom is -0.389 e. The first-order valence-electron chi connectivity index (χ1n) is 7.34. The van der Waals surface area contributed by atoms with Crippen LogP contribution >= 0.6 is 11.6 Å². The molecule has 1 rings (SSSR count). The monoisotopic (exact) mass is 311 g/mol. The SMILES string of the molecule is C=C(C)CN(CC)C[C@H](O)CO[C@@H](C)c1ccc(Cl)cc1. The summed E-state index contributed by atoms with van der Waals surface area (Å²) in [6, 6.07) is 7.58. The van der Waals surface area contributed by atoms with E-state index >= 15 is 0 Å². The van der Waals surface area contributed by atoms with E-state index < -0.39 is 6.10 Å². The number of halogens is 1. The fourth-order valence-electron chi connectivity index (χ4n) is 2.12. The van der Waals surface area contributed by atoms with Crippen molar-refractivity contribution < 1.29 is 9.84 Å². The molecule has 0 unspecified atom stereocenters. The van der Waals surface area contributed by atoms with Gasteiger partial charge in [-0.2, -0.15) is 0 Å². The van der Waals surface area contributed by atoms with Crippen molar-refractivity contribution in [2.24, 2.45) is 0 Å². The lowest BCUT2D eigenvalue weighted by Crippen LogP contribution is -2.36. The molecule has 0 fully saturated rings. The molecule has 0 amide bonds. The molecule has 118 valence electrons. The molecule has 0 bridgehead atoms. The number of hydrogen-bond acceptors (Lipinski definition) is 3. The van der Waals surface area contributed by atoms with Crippen LogP contribution in [0.25, 0.3) is 0 Å². The van der Waals surface area contributed by atoms with Gasteiger partial charge < -0.3 is 9.84 Å². The van der Waals surface area contributed by atoms with E-state index in [0.29, 0.717) is 18.2 Å². The normalized spacial score (nSPS) is 14.2. The van der Waals surface area contributed by atoms with E-state index in [1.165, 1.54) is 0 Å². The van der Waals surface area contributed by atoms with Gasteiger partial charge in [0.15, 0.2) is 0 Å². The summed E-state index contributed by atoms with van der Waals surface area (Å²) in [5.74, 6) is 0. The second-order valence-corrected chi connectivity index (χ2v) is 5.90. The molecule has 21 heavy (non-hydrogen) atoms. The molecule has 3 nitrogen and oxygen atoms in total. The summed E-state index contributed by atoms with van der Waals surface area (Å²) in [4.78, 5) is 2.16. The van der Waals surface area contributed by atoms with Crippen LogP contribution in [0.3, 0.4) is 0 Å². The van der Waals surface area contributed by atoms with Crippen molar-refractivity contribution in [2.75, 3.05) is 26.2 Å². The van der Waals surface area contributed by atoms with Gasteiger partial charge in [0.1, 0.15) is 0 Å². The van der Waals surface area contributed by atoms with Gasteiger partial charge in [-0.15, -0.1) is 0 Å². The minimum atomic E-state index is -0.501. The molecule has 0 aliphatic rings. The molecule has 0 radical (unpaired) electrons. The first kappa shape index (κ1) is 18.2. The number of nitrogens with zero attached hydrogens (tertiary/aromatic N) is 1. The van der Waals surface area contributed by atoms with Crippen LogP contribution in [0, 0.1) is 0 Å². The van der Waals surface area contributed by atoms with Crippen molar-refractivity contribution in [3.8, 4) is 0 Å². The van der Waals surface area contributed by atoms with Crippen molar-refractivity contribution in [3.63, 3.8) is 0 Å². The zero-order chi connectivity index (χ0) is 15.8. The van der Waals surface area contributed by atoms with E-state index in [2.05, 4.69) is 18.4 Å². The molecule has 1 N–H and O–H groups in total. The first-order valence-corrected chi connectivity index (χ1v) is 7.72. The number of benzene rings is 1. The summed E-state index contributed by atoms with van der Waals surface area (Å²) in [5, 5.41) is 10.8. The summed E-state index contributed by atoms with van der Waals surface area (Å²) >= 11 is 5.87. The quantitative estimate of drug-likeness (QED) is 0.706. The van der Waals surface area contributed by atoms with E-state index in [-0.39, 0.29) is 6.10 Å². The number of rotatable bonds is 9. The molecule has 2 atom stereocenters. The number of ether oxygens (including phenoxy) is 1. The van der Waals surface area contributed by atoms with Gasteiger partial charge in [-0.3, -0.25) is 4.90 Å². The average Bonchev–Trinajstić information content (AvgIpc) is 2.44. The fraction of sp³-hybridized carbons (Fsp3) is 0.529. The smallest absolute Gasteiger partial charge is 0.0900 e.